The predicted molar refractivity (Wildman–Crippen MR) is 296 cm³/mol. The Morgan fingerprint density at radius 1 is 0.605 bits per heavy atom. The van der Waals surface area contributed by atoms with E-state index in [-0.39, 0.29) is 100 Å². The average molecular weight is 1080 g/mol. The molecule has 2 aromatic heterocycles. The smallest absolute Gasteiger partial charge is 0.410 e. The number of pyridine rings is 2. The van der Waals surface area contributed by atoms with Crippen LogP contribution in [-0.2, 0) is 31.9 Å². The van der Waals surface area contributed by atoms with Gasteiger partial charge in [0.25, 0.3) is 22.9 Å². The van der Waals surface area contributed by atoms with Crippen LogP contribution < -0.4 is 31.6 Å². The first-order valence-electron chi connectivity index (χ1n) is 26.3. The van der Waals surface area contributed by atoms with Gasteiger partial charge in [0.05, 0.1) is 11.4 Å². The van der Waals surface area contributed by atoms with Crippen molar-refractivity contribution in [3.8, 4) is 0 Å². The number of rotatable bonds is 12. The van der Waals surface area contributed by atoms with Crippen LogP contribution in [0, 0.1) is 76.6 Å². The van der Waals surface area contributed by atoms with Crippen molar-refractivity contribution in [2.75, 3.05) is 22.9 Å². The number of hydrogen-bond acceptors (Lipinski definition) is 8. The third-order valence-corrected chi connectivity index (χ3v) is 15.5. The first-order valence-corrected chi connectivity index (χ1v) is 26.3. The summed E-state index contributed by atoms with van der Waals surface area (Å²) in [5.74, 6) is -1.85. The van der Waals surface area contributed by atoms with E-state index in [1.807, 2.05) is 48.5 Å². The number of benzene rings is 2. The summed E-state index contributed by atoms with van der Waals surface area (Å²) in [5.41, 5.74) is 2.85. The highest BCUT2D eigenvalue weighted by Gasteiger charge is 2.39. The number of amides is 3. The van der Waals surface area contributed by atoms with Gasteiger partial charge >= 0.3 is 6.09 Å². The number of carbonyl (C=O) groups excluding carboxylic acids is 3. The van der Waals surface area contributed by atoms with Gasteiger partial charge in [-0.05, 0) is 180 Å². The molecule has 0 unspecified atom stereocenters. The molecule has 1 aliphatic heterocycles. The Kier molecular flexibility index (Phi) is 21.1. The number of anilines is 2. The van der Waals surface area contributed by atoms with Crippen LogP contribution in [0.15, 0.2) is 33.9 Å². The third-order valence-electron chi connectivity index (χ3n) is 15.5. The molecule has 4 atom stereocenters. The number of carbonyl (C=O) groups is 3. The summed E-state index contributed by atoms with van der Waals surface area (Å²) in [6, 6.07) is 5.43. The summed E-state index contributed by atoms with van der Waals surface area (Å²) in [5, 5.41) is 5.40. The molecule has 2 N–H and O–H groups in total. The van der Waals surface area contributed by atoms with Gasteiger partial charge in [0.15, 0.2) is 0 Å². The number of likely N-dealkylation sites (tertiary alicyclic amines) is 1. The van der Waals surface area contributed by atoms with Crippen LogP contribution in [0.25, 0.3) is 0 Å². The van der Waals surface area contributed by atoms with Crippen molar-refractivity contribution in [3.05, 3.63) is 124 Å². The second-order valence-electron chi connectivity index (χ2n) is 22.1. The number of aromatic nitrogens is 2. The Balaban J connectivity index is 0.000000330. The van der Waals surface area contributed by atoms with Crippen LogP contribution in [0.1, 0.15) is 160 Å². The van der Waals surface area contributed by atoms with Gasteiger partial charge in [-0.25, -0.2) is 22.4 Å². The number of nitrogens with zero attached hydrogens (tertiary/aromatic N) is 5. The standard InChI is InChI=1S/C31H44F2N4O4.C27H37F2N3O2.ClH/c1-11-36(23-12-17(2)37(18(3)13-23)30(40)41-31(7,8)9)26-15-22(32)14-24(19(26)4)28(38)34-16-25-20(5)27(33)21(6)35(10)29(25)39;1-8-32(21-10-15(2)9-16(3)11-21)24-13-20(28)12-22(17(24)4)26(33)30-14-23-18(5)25(29)19(6)31(7)27(23)34;/h14-15,17-18,23H,11-13,16H2,1-10H3,(H,34,38);12-13,15-16,21H,8-11,14H2,1-7H3,(H,30,33);1H/t17-,18-;15-,16-;/m10./s1. The molecule has 2 fully saturated rings. The van der Waals surface area contributed by atoms with Crippen LogP contribution in [-0.4, -0.2) is 74.8 Å². The second-order valence-corrected chi connectivity index (χ2v) is 22.1. The highest BCUT2D eigenvalue weighted by atomic mass is 35.5. The fourth-order valence-electron chi connectivity index (χ4n) is 11.4. The van der Waals surface area contributed by atoms with Crippen LogP contribution >= 0.6 is 12.4 Å². The van der Waals surface area contributed by atoms with Gasteiger partial charge in [-0.1, -0.05) is 13.8 Å². The Bertz CT molecular complexity index is 2900. The first kappa shape index (κ1) is 62.7. The Morgan fingerprint density at radius 3 is 1.30 bits per heavy atom. The molecule has 13 nitrogen and oxygen atoms in total. The molecule has 2 aliphatic rings. The molecular weight excluding hydrogens is 1000 g/mol. The molecular formula is C58H82ClF4N7O6. The normalized spacial score (nSPS) is 19.5. The van der Waals surface area contributed by atoms with E-state index < -0.39 is 46.2 Å². The first-order chi connectivity index (χ1) is 34.9. The molecule has 1 saturated carbocycles. The lowest BCUT2D eigenvalue weighted by Crippen LogP contribution is -2.56. The van der Waals surface area contributed by atoms with E-state index in [4.69, 9.17) is 4.74 Å². The van der Waals surface area contributed by atoms with E-state index in [1.54, 1.807) is 11.8 Å². The lowest BCUT2D eigenvalue weighted by Gasteiger charge is -2.47. The summed E-state index contributed by atoms with van der Waals surface area (Å²) in [4.78, 5) is 70.7. The lowest BCUT2D eigenvalue weighted by atomic mass is 9.79. The van der Waals surface area contributed by atoms with Crippen LogP contribution in [0.3, 0.4) is 0 Å². The van der Waals surface area contributed by atoms with E-state index in [0.29, 0.717) is 60.6 Å². The molecule has 1 saturated heterocycles. The van der Waals surface area contributed by atoms with Gasteiger partial charge in [-0.15, -0.1) is 12.4 Å². The van der Waals surface area contributed by atoms with Gasteiger partial charge in [0.2, 0.25) is 0 Å². The number of halogens is 5. The summed E-state index contributed by atoms with van der Waals surface area (Å²) >= 11 is 0. The van der Waals surface area contributed by atoms with Crippen LogP contribution in [0.5, 0.6) is 0 Å². The highest BCUT2D eigenvalue weighted by molar-refractivity contribution is 5.98. The molecule has 0 spiro atoms. The van der Waals surface area contributed by atoms with Crippen LogP contribution in [0.4, 0.5) is 33.7 Å². The minimum Gasteiger partial charge on any atom is -0.444 e. The van der Waals surface area contributed by atoms with E-state index in [9.17, 15) is 41.5 Å². The van der Waals surface area contributed by atoms with Gasteiger partial charge < -0.3 is 39.2 Å². The quantitative estimate of drug-likeness (QED) is 0.134. The van der Waals surface area contributed by atoms with Crippen molar-refractivity contribution in [2.24, 2.45) is 25.9 Å². The summed E-state index contributed by atoms with van der Waals surface area (Å²) < 4.78 is 66.8. The SMILES string of the molecule is CCN(c1cc(F)cc(C(=O)NCc2c(C)c(F)c(C)n(C)c2=O)c1C)C1C[C@@H](C)C[C@H](C)C1.CCN(c1cc(F)cc(C(=O)NCc2c(C)c(F)c(C)n(C)c2=O)c1C)C1C[C@@H](C)N(C(=O)OC(C)(C)C)[C@H](C)C1.Cl. The Morgan fingerprint density at radius 2 is 0.961 bits per heavy atom. The number of nitrogens with one attached hydrogen (secondary N) is 2. The maximum Gasteiger partial charge on any atom is 0.410 e. The zero-order valence-corrected chi connectivity index (χ0v) is 48.6. The van der Waals surface area contributed by atoms with Crippen molar-refractivity contribution in [2.45, 2.75) is 179 Å². The fourth-order valence-corrected chi connectivity index (χ4v) is 11.4. The van der Waals surface area contributed by atoms with Gasteiger partial charge in [0, 0.05) is 98.1 Å². The van der Waals surface area contributed by atoms with Crippen LogP contribution in [0.2, 0.25) is 0 Å². The minimum absolute atomic E-state index is 0. The van der Waals surface area contributed by atoms with E-state index in [2.05, 4.69) is 41.2 Å². The minimum atomic E-state index is -0.599. The highest BCUT2D eigenvalue weighted by Crippen LogP contribution is 2.37. The van der Waals surface area contributed by atoms with Gasteiger partial charge in [0.1, 0.15) is 28.9 Å². The molecule has 0 bridgehead atoms. The van der Waals surface area contributed by atoms with E-state index in [0.717, 1.165) is 18.5 Å². The number of ether oxygens (including phenoxy) is 1. The summed E-state index contributed by atoms with van der Waals surface area (Å²) in [6.45, 7) is 28.7. The third kappa shape index (κ3) is 13.8. The molecule has 4 aromatic rings. The van der Waals surface area contributed by atoms with Crippen molar-refractivity contribution >= 4 is 41.7 Å². The van der Waals surface area contributed by atoms with E-state index >= 15 is 0 Å². The lowest BCUT2D eigenvalue weighted by molar-refractivity contribution is -0.00254. The Labute approximate surface area is 453 Å². The molecule has 2 aromatic carbocycles. The van der Waals surface area contributed by atoms with Gasteiger partial charge in [-0.2, -0.15) is 0 Å². The predicted octanol–water partition coefficient (Wildman–Crippen LogP) is 11.1. The molecule has 6 rings (SSSR count). The fraction of sp³-hybridized carbons (Fsp3) is 0.569. The maximum absolute atomic E-state index is 15.0. The monoisotopic (exact) mass is 1080 g/mol. The molecule has 3 heterocycles. The topological polar surface area (TPSA) is 138 Å². The largest absolute Gasteiger partial charge is 0.444 e. The number of hydrogen-bond donors (Lipinski definition) is 2. The summed E-state index contributed by atoms with van der Waals surface area (Å²) in [6.07, 6.45) is 4.22. The van der Waals surface area contributed by atoms with Crippen molar-refractivity contribution in [3.63, 3.8) is 0 Å². The molecule has 420 valence electrons. The van der Waals surface area contributed by atoms with E-state index in [1.165, 1.54) is 81.6 Å². The maximum atomic E-state index is 15.0. The average Bonchev–Trinajstić information content (AvgIpc) is 3.32. The molecule has 0 radical (unpaired) electrons. The zero-order valence-electron chi connectivity index (χ0n) is 47.7. The van der Waals surface area contributed by atoms with Crippen molar-refractivity contribution < 1.29 is 36.7 Å². The number of piperidine rings is 1. The van der Waals surface area contributed by atoms with Crippen molar-refractivity contribution in [1.82, 2.24) is 24.7 Å². The molecule has 1 aliphatic carbocycles. The molecule has 76 heavy (non-hydrogen) atoms. The van der Waals surface area contributed by atoms with Gasteiger partial charge in [-0.3, -0.25) is 19.2 Å². The molecule has 3 amide bonds. The second kappa shape index (κ2) is 25.5. The zero-order chi connectivity index (χ0) is 56.3. The van der Waals surface area contributed by atoms with Crippen molar-refractivity contribution in [1.29, 1.82) is 0 Å². The molecule has 18 heteroatoms. The Hall–Kier alpha value is -5.84. The summed E-state index contributed by atoms with van der Waals surface area (Å²) in [7, 11) is 2.98.